The molecule has 0 radical (unpaired) electrons. The summed E-state index contributed by atoms with van der Waals surface area (Å²) in [6, 6.07) is 3.70. The van der Waals surface area contributed by atoms with E-state index in [0.29, 0.717) is 25.0 Å². The third-order valence-corrected chi connectivity index (χ3v) is 4.76. The monoisotopic (exact) mass is 448 g/mol. The molecule has 0 aliphatic carbocycles. The summed E-state index contributed by atoms with van der Waals surface area (Å²) in [5, 5.41) is 5.71. The minimum absolute atomic E-state index is 0. The number of benzene rings is 1. The minimum atomic E-state index is -0.717. The average Bonchev–Trinajstić information content (AvgIpc) is 3.41. The van der Waals surface area contributed by atoms with E-state index in [1.54, 1.807) is 10.8 Å². The molecule has 11 heteroatoms. The second-order valence-corrected chi connectivity index (χ2v) is 6.95. The molecule has 1 aliphatic rings. The maximum Gasteiger partial charge on any atom is 0.271 e. The van der Waals surface area contributed by atoms with Crippen LogP contribution in [0.15, 0.2) is 36.9 Å². The number of ether oxygens (including phenoxy) is 1. The zero-order valence-electron chi connectivity index (χ0n) is 16.7. The summed E-state index contributed by atoms with van der Waals surface area (Å²) in [5.41, 5.74) is 0.688. The van der Waals surface area contributed by atoms with Gasteiger partial charge in [-0.3, -0.25) is 9.36 Å². The Morgan fingerprint density at radius 1 is 1.29 bits per heavy atom. The number of nitrogens with zero attached hydrogens (tertiary/aromatic N) is 4. The van der Waals surface area contributed by atoms with Gasteiger partial charge in [-0.1, -0.05) is 6.07 Å². The van der Waals surface area contributed by atoms with Crippen LogP contribution >= 0.6 is 13.5 Å². The normalized spacial score (nSPS) is 15.4. The van der Waals surface area contributed by atoms with Crippen LogP contribution in [0.5, 0.6) is 0 Å². The van der Waals surface area contributed by atoms with Crippen molar-refractivity contribution in [1.29, 1.82) is 0 Å². The largest absolute Gasteiger partial charge is 0.379 e. The van der Waals surface area contributed by atoms with Gasteiger partial charge in [0.05, 0.1) is 12.6 Å². The van der Waals surface area contributed by atoms with Crippen LogP contribution in [-0.2, 0) is 11.3 Å². The van der Waals surface area contributed by atoms with Crippen molar-refractivity contribution in [3.05, 3.63) is 65.4 Å². The van der Waals surface area contributed by atoms with Gasteiger partial charge in [0.25, 0.3) is 5.91 Å². The zero-order valence-corrected chi connectivity index (χ0v) is 17.7. The molecule has 4 rings (SSSR count). The Kier molecular flexibility index (Phi) is 7.18. The summed E-state index contributed by atoms with van der Waals surface area (Å²) in [4.78, 5) is 25.3. The first-order valence-electron chi connectivity index (χ1n) is 9.44. The number of aryl methyl sites for hydroxylation is 1. The lowest BCUT2D eigenvalue weighted by Gasteiger charge is -2.12. The predicted octanol–water partition coefficient (Wildman–Crippen LogP) is 2.49. The van der Waals surface area contributed by atoms with E-state index in [4.69, 9.17) is 4.74 Å². The molecule has 1 fully saturated rings. The van der Waals surface area contributed by atoms with Gasteiger partial charge in [-0.15, -0.1) is 0 Å². The van der Waals surface area contributed by atoms with Gasteiger partial charge in [-0.2, -0.15) is 18.5 Å². The Hall–Kier alpha value is -3.05. The fourth-order valence-electron chi connectivity index (χ4n) is 3.11. The lowest BCUT2D eigenvalue weighted by atomic mass is 10.2. The highest BCUT2D eigenvalue weighted by Crippen LogP contribution is 2.16. The van der Waals surface area contributed by atoms with Gasteiger partial charge in [-0.25, -0.2) is 18.7 Å². The second-order valence-electron chi connectivity index (χ2n) is 6.95. The molecular weight excluding hydrogens is 426 g/mol. The molecule has 1 aromatic carbocycles. The van der Waals surface area contributed by atoms with Crippen LogP contribution in [0.1, 0.15) is 28.0 Å². The van der Waals surface area contributed by atoms with Gasteiger partial charge < -0.3 is 15.4 Å². The first kappa shape index (κ1) is 22.6. The first-order valence-corrected chi connectivity index (χ1v) is 9.44. The van der Waals surface area contributed by atoms with E-state index in [9.17, 15) is 13.6 Å². The third-order valence-electron chi connectivity index (χ3n) is 4.76. The van der Waals surface area contributed by atoms with E-state index in [1.165, 1.54) is 18.6 Å². The Morgan fingerprint density at radius 2 is 2.06 bits per heavy atom. The second kappa shape index (κ2) is 9.84. The van der Waals surface area contributed by atoms with Crippen LogP contribution in [0.4, 0.5) is 14.7 Å². The van der Waals surface area contributed by atoms with Crippen LogP contribution in [0, 0.1) is 18.6 Å². The molecule has 8 nitrogen and oxygen atoms in total. The topological polar surface area (TPSA) is 94.0 Å². The summed E-state index contributed by atoms with van der Waals surface area (Å²) in [6.45, 7) is 2.87. The predicted molar refractivity (Wildman–Crippen MR) is 115 cm³/mol. The lowest BCUT2D eigenvalue weighted by molar-refractivity contribution is 0.0945. The standard InChI is InChI=1S/C20H20F2N6O2.H2S/c1-12-7-24-20(26-13-5-6-30-10-13)27-18(12)28-9-17(25-11-28)19(29)23-8-14-15(21)3-2-4-16(14)22;/h2-4,7,9,11,13H,5-6,8,10H2,1H3,(H,23,29)(H,24,26,27);1H2/t13-;/m0./s1. The molecule has 2 aromatic heterocycles. The smallest absolute Gasteiger partial charge is 0.271 e. The molecule has 2 N–H and O–H groups in total. The molecule has 164 valence electrons. The number of halogens is 2. The van der Waals surface area contributed by atoms with Gasteiger partial charge in [0.15, 0.2) is 0 Å². The molecule has 3 heterocycles. The van der Waals surface area contributed by atoms with Crippen LogP contribution in [0.2, 0.25) is 0 Å². The molecule has 3 aromatic rings. The van der Waals surface area contributed by atoms with E-state index in [0.717, 1.165) is 24.1 Å². The zero-order chi connectivity index (χ0) is 21.1. The molecular formula is C20H22F2N6O2S. The van der Waals surface area contributed by atoms with Gasteiger partial charge in [-0.05, 0) is 25.5 Å². The SMILES string of the molecule is Cc1cnc(N[C@H]2CCOC2)nc1-n1cnc(C(=O)NCc2c(F)cccc2F)c1.S. The number of imidazole rings is 1. The lowest BCUT2D eigenvalue weighted by Crippen LogP contribution is -2.24. The van der Waals surface area contributed by atoms with Gasteiger partial charge in [0.2, 0.25) is 5.95 Å². The summed E-state index contributed by atoms with van der Waals surface area (Å²) in [7, 11) is 0. The van der Waals surface area contributed by atoms with Crippen molar-refractivity contribution >= 4 is 25.4 Å². The molecule has 1 amide bonds. The highest BCUT2D eigenvalue weighted by Gasteiger charge is 2.18. The van der Waals surface area contributed by atoms with Crippen molar-refractivity contribution in [3.8, 4) is 5.82 Å². The van der Waals surface area contributed by atoms with Crippen LogP contribution in [-0.4, -0.2) is 44.7 Å². The van der Waals surface area contributed by atoms with Gasteiger partial charge in [0, 0.05) is 36.7 Å². The maximum atomic E-state index is 13.7. The first-order chi connectivity index (χ1) is 14.5. The fraction of sp³-hybridized carbons (Fsp3) is 0.300. The van der Waals surface area contributed by atoms with E-state index >= 15 is 0 Å². The molecule has 0 saturated carbocycles. The molecule has 31 heavy (non-hydrogen) atoms. The van der Waals surface area contributed by atoms with Crippen molar-refractivity contribution in [2.24, 2.45) is 0 Å². The quantitative estimate of drug-likeness (QED) is 0.602. The summed E-state index contributed by atoms with van der Waals surface area (Å²) >= 11 is 0. The number of carbonyl (C=O) groups is 1. The maximum absolute atomic E-state index is 13.7. The van der Waals surface area contributed by atoms with Crippen LogP contribution in [0.25, 0.3) is 5.82 Å². The van der Waals surface area contributed by atoms with Gasteiger partial charge in [0.1, 0.15) is 29.5 Å². The summed E-state index contributed by atoms with van der Waals surface area (Å²) in [6.07, 6.45) is 5.52. The van der Waals surface area contributed by atoms with Crippen molar-refractivity contribution in [3.63, 3.8) is 0 Å². The number of amides is 1. The molecule has 1 saturated heterocycles. The molecule has 1 atom stereocenters. The highest BCUT2D eigenvalue weighted by atomic mass is 32.1. The Bertz CT molecular complexity index is 1050. The number of carbonyl (C=O) groups excluding carboxylic acids is 1. The van der Waals surface area contributed by atoms with E-state index in [2.05, 4.69) is 25.6 Å². The summed E-state index contributed by atoms with van der Waals surface area (Å²) in [5.74, 6) is -0.959. The van der Waals surface area contributed by atoms with Crippen molar-refractivity contribution in [2.75, 3.05) is 18.5 Å². The average molecular weight is 448 g/mol. The number of aromatic nitrogens is 4. The Morgan fingerprint density at radius 3 is 2.77 bits per heavy atom. The highest BCUT2D eigenvalue weighted by molar-refractivity contribution is 7.59. The van der Waals surface area contributed by atoms with Crippen molar-refractivity contribution in [1.82, 2.24) is 24.8 Å². The number of rotatable bonds is 6. The molecule has 0 unspecified atom stereocenters. The Labute approximate surface area is 184 Å². The number of anilines is 1. The summed E-state index contributed by atoms with van der Waals surface area (Å²) < 4.78 is 34.4. The van der Waals surface area contributed by atoms with Crippen molar-refractivity contribution in [2.45, 2.75) is 25.9 Å². The number of hydrogen-bond acceptors (Lipinski definition) is 6. The molecule has 0 spiro atoms. The minimum Gasteiger partial charge on any atom is -0.379 e. The number of hydrogen-bond donors (Lipinski definition) is 2. The Balaban J connectivity index is 0.00000272. The van der Waals surface area contributed by atoms with Crippen LogP contribution in [0.3, 0.4) is 0 Å². The fourth-order valence-corrected chi connectivity index (χ4v) is 3.11. The molecule has 1 aliphatic heterocycles. The molecule has 0 bridgehead atoms. The van der Waals surface area contributed by atoms with Crippen molar-refractivity contribution < 1.29 is 18.3 Å². The number of nitrogens with one attached hydrogen (secondary N) is 2. The third kappa shape index (κ3) is 5.17. The van der Waals surface area contributed by atoms with E-state index in [1.807, 2.05) is 6.92 Å². The van der Waals surface area contributed by atoms with E-state index < -0.39 is 17.5 Å². The van der Waals surface area contributed by atoms with E-state index in [-0.39, 0.29) is 37.3 Å². The van der Waals surface area contributed by atoms with Crippen LogP contribution < -0.4 is 10.6 Å². The van der Waals surface area contributed by atoms with Gasteiger partial charge >= 0.3 is 0 Å².